The van der Waals surface area contributed by atoms with Crippen LogP contribution in [0, 0.1) is 18.7 Å². The van der Waals surface area contributed by atoms with Crippen LogP contribution in [0.1, 0.15) is 22.3 Å². The van der Waals surface area contributed by atoms with Gasteiger partial charge in [0.05, 0.1) is 46.9 Å². The lowest BCUT2D eigenvalue weighted by Gasteiger charge is -2.53. The highest BCUT2D eigenvalue weighted by Crippen LogP contribution is 2.36. The summed E-state index contributed by atoms with van der Waals surface area (Å²) in [7, 11) is 0. The van der Waals surface area contributed by atoms with Gasteiger partial charge in [-0.2, -0.15) is 15.0 Å². The lowest BCUT2D eigenvalue weighted by Crippen LogP contribution is -2.66. The molecule has 2 aromatic carbocycles. The predicted octanol–water partition coefficient (Wildman–Crippen LogP) is 3.01. The van der Waals surface area contributed by atoms with Gasteiger partial charge in [-0.05, 0) is 37.6 Å². The highest BCUT2D eigenvalue weighted by molar-refractivity contribution is 5.98. The molecule has 2 aliphatic heterocycles. The first-order valence-electron chi connectivity index (χ1n) is 11.0. The fourth-order valence-electron chi connectivity index (χ4n) is 4.85. The van der Waals surface area contributed by atoms with E-state index in [2.05, 4.69) is 25.1 Å². The number of aryl methyl sites for hydroxylation is 1. The Morgan fingerprint density at radius 3 is 2.76 bits per heavy atom. The lowest BCUT2D eigenvalue weighted by molar-refractivity contribution is 0.00777. The monoisotopic (exact) mass is 443 g/mol. The molecular formula is C24H22FN7O. The number of likely N-dealkylation sites (tertiary alicyclic amines) is 1. The first kappa shape index (κ1) is 19.8. The molecule has 4 heterocycles. The van der Waals surface area contributed by atoms with Gasteiger partial charge in [-0.15, -0.1) is 0 Å². The van der Waals surface area contributed by atoms with E-state index in [1.165, 1.54) is 16.9 Å². The first-order valence-corrected chi connectivity index (χ1v) is 11.0. The second-order valence-corrected chi connectivity index (χ2v) is 8.72. The summed E-state index contributed by atoms with van der Waals surface area (Å²) in [6, 6.07) is 10.3. The predicted molar refractivity (Wildman–Crippen MR) is 121 cm³/mol. The van der Waals surface area contributed by atoms with Crippen molar-refractivity contribution in [3.05, 3.63) is 71.9 Å². The number of hydrogen-bond acceptors (Lipinski definition) is 6. The number of rotatable bonds is 3. The van der Waals surface area contributed by atoms with Gasteiger partial charge < -0.3 is 9.80 Å². The molecule has 33 heavy (non-hydrogen) atoms. The second kappa shape index (κ2) is 7.61. The van der Waals surface area contributed by atoms with Crippen molar-refractivity contribution in [3.8, 4) is 5.69 Å². The zero-order valence-electron chi connectivity index (χ0n) is 18.1. The molecule has 0 saturated carbocycles. The maximum Gasteiger partial charge on any atom is 0.256 e. The van der Waals surface area contributed by atoms with Crippen molar-refractivity contribution in [2.24, 2.45) is 5.92 Å². The van der Waals surface area contributed by atoms with E-state index in [1.807, 2.05) is 30.0 Å². The number of nitrogens with zero attached hydrogens (tertiary/aromatic N) is 7. The molecule has 8 nitrogen and oxygen atoms in total. The molecule has 0 aliphatic carbocycles. The molecule has 2 fully saturated rings. The summed E-state index contributed by atoms with van der Waals surface area (Å²) in [6.45, 7) is 4.28. The highest BCUT2D eigenvalue weighted by Gasteiger charge is 2.46. The Morgan fingerprint density at radius 2 is 1.91 bits per heavy atom. The van der Waals surface area contributed by atoms with Crippen LogP contribution in [0.4, 0.5) is 10.2 Å². The molecule has 0 spiro atoms. The Balaban J connectivity index is 1.26. The van der Waals surface area contributed by atoms with Crippen LogP contribution in [0.3, 0.4) is 0 Å². The zero-order valence-corrected chi connectivity index (χ0v) is 18.1. The normalized spacial score (nSPS) is 19.9. The summed E-state index contributed by atoms with van der Waals surface area (Å²) in [5.74, 6) is 0.900. The molecule has 4 aromatic rings. The summed E-state index contributed by atoms with van der Waals surface area (Å²) in [6.07, 6.45) is 5.88. The van der Waals surface area contributed by atoms with E-state index in [9.17, 15) is 9.18 Å². The maximum absolute atomic E-state index is 13.6. The van der Waals surface area contributed by atoms with Crippen LogP contribution in [0.2, 0.25) is 0 Å². The largest absolute Gasteiger partial charge is 0.353 e. The first-order chi connectivity index (χ1) is 16.1. The molecule has 1 amide bonds. The van der Waals surface area contributed by atoms with Gasteiger partial charge in [-0.1, -0.05) is 11.6 Å². The smallest absolute Gasteiger partial charge is 0.256 e. The highest BCUT2D eigenvalue weighted by atomic mass is 19.1. The van der Waals surface area contributed by atoms with E-state index >= 15 is 0 Å². The van der Waals surface area contributed by atoms with Crippen LogP contribution in [-0.2, 0) is 0 Å². The third kappa shape index (κ3) is 3.40. The molecule has 2 saturated heterocycles. The average molecular weight is 443 g/mol. The van der Waals surface area contributed by atoms with Gasteiger partial charge in [0.15, 0.2) is 0 Å². The molecule has 6 rings (SSSR count). The average Bonchev–Trinajstić information content (AvgIpc) is 3.34. The maximum atomic E-state index is 13.6. The van der Waals surface area contributed by atoms with Crippen LogP contribution < -0.4 is 4.90 Å². The summed E-state index contributed by atoms with van der Waals surface area (Å²) in [5, 5.41) is 8.43. The van der Waals surface area contributed by atoms with Crippen LogP contribution in [-0.4, -0.2) is 61.4 Å². The third-order valence-corrected chi connectivity index (χ3v) is 6.65. The molecular weight excluding hydrogens is 421 g/mol. The number of amides is 1. The quantitative estimate of drug-likeness (QED) is 0.484. The fourth-order valence-corrected chi connectivity index (χ4v) is 4.85. The van der Waals surface area contributed by atoms with Gasteiger partial charge in [0.1, 0.15) is 11.6 Å². The number of hydrogen-bond donors (Lipinski definition) is 0. The van der Waals surface area contributed by atoms with E-state index in [0.717, 1.165) is 30.9 Å². The van der Waals surface area contributed by atoms with Crippen LogP contribution in [0.25, 0.3) is 16.7 Å². The van der Waals surface area contributed by atoms with Crippen molar-refractivity contribution in [1.29, 1.82) is 0 Å². The fraction of sp³-hybridized carbons (Fsp3) is 0.292. The number of fused-ring (bicyclic) bond motifs is 2. The van der Waals surface area contributed by atoms with Crippen LogP contribution >= 0.6 is 0 Å². The van der Waals surface area contributed by atoms with Crippen molar-refractivity contribution < 1.29 is 9.18 Å². The van der Waals surface area contributed by atoms with Gasteiger partial charge in [-0.3, -0.25) is 9.78 Å². The summed E-state index contributed by atoms with van der Waals surface area (Å²) in [4.78, 5) is 28.3. The molecule has 2 atom stereocenters. The Hall–Kier alpha value is -3.88. The van der Waals surface area contributed by atoms with Gasteiger partial charge in [0, 0.05) is 31.6 Å². The van der Waals surface area contributed by atoms with Crippen LogP contribution in [0.15, 0.2) is 55.0 Å². The molecule has 0 bridgehead atoms. The van der Waals surface area contributed by atoms with E-state index in [-0.39, 0.29) is 17.8 Å². The molecule has 9 heteroatoms. The summed E-state index contributed by atoms with van der Waals surface area (Å²) < 4.78 is 13.5. The van der Waals surface area contributed by atoms with Crippen molar-refractivity contribution in [3.63, 3.8) is 0 Å². The zero-order chi connectivity index (χ0) is 22.5. The Labute approximate surface area is 189 Å². The van der Waals surface area contributed by atoms with Crippen molar-refractivity contribution >= 4 is 22.8 Å². The van der Waals surface area contributed by atoms with Crippen LogP contribution in [0.5, 0.6) is 0 Å². The minimum absolute atomic E-state index is 0.00540. The van der Waals surface area contributed by atoms with Gasteiger partial charge in [-0.25, -0.2) is 9.37 Å². The summed E-state index contributed by atoms with van der Waals surface area (Å²) >= 11 is 0. The van der Waals surface area contributed by atoms with Gasteiger partial charge in [0.25, 0.3) is 5.91 Å². The molecule has 2 aliphatic rings. The minimum Gasteiger partial charge on any atom is -0.353 e. The van der Waals surface area contributed by atoms with Crippen molar-refractivity contribution in [1.82, 2.24) is 29.9 Å². The van der Waals surface area contributed by atoms with Crippen molar-refractivity contribution in [2.75, 3.05) is 24.5 Å². The number of benzene rings is 2. The SMILES string of the molecule is Cc1ccc(-n2nccn2)c(C(=O)N2C[C@@H]3CCN(c4cnc5cc(F)ccc5n4)C[C@@H]32)c1. The number of anilines is 1. The molecule has 0 N–H and O–H groups in total. The Bertz CT molecular complexity index is 1360. The van der Waals surface area contributed by atoms with E-state index < -0.39 is 0 Å². The van der Waals surface area contributed by atoms with E-state index in [1.54, 1.807) is 24.7 Å². The number of aromatic nitrogens is 5. The van der Waals surface area contributed by atoms with Gasteiger partial charge >= 0.3 is 0 Å². The molecule has 2 aromatic heterocycles. The van der Waals surface area contributed by atoms with E-state index in [4.69, 9.17) is 0 Å². The number of halogens is 1. The molecule has 166 valence electrons. The Morgan fingerprint density at radius 1 is 1.06 bits per heavy atom. The Kier molecular flexibility index (Phi) is 4.56. The third-order valence-electron chi connectivity index (χ3n) is 6.65. The molecule has 0 radical (unpaired) electrons. The topological polar surface area (TPSA) is 80.0 Å². The lowest BCUT2D eigenvalue weighted by atomic mass is 9.81. The summed E-state index contributed by atoms with van der Waals surface area (Å²) in [5.41, 5.74) is 3.50. The van der Waals surface area contributed by atoms with Gasteiger partial charge in [0.2, 0.25) is 0 Å². The standard InChI is InChI=1S/C24H22FN7O/c1-15-2-5-21(32-27-7-8-28-32)18(10-15)24(33)31-13-16-6-9-30(14-22(16)31)23-12-26-20-11-17(25)3-4-19(20)29-23/h2-5,7-8,10-12,16,22H,6,9,13-14H2,1H3/t16-,22-/m0/s1. The number of piperidine rings is 1. The van der Waals surface area contributed by atoms with E-state index in [0.29, 0.717) is 34.7 Å². The minimum atomic E-state index is -0.324. The second-order valence-electron chi connectivity index (χ2n) is 8.72. The number of carbonyl (C=O) groups is 1. The number of carbonyl (C=O) groups excluding carboxylic acids is 1. The molecule has 0 unspecified atom stereocenters. The van der Waals surface area contributed by atoms with Crippen molar-refractivity contribution in [2.45, 2.75) is 19.4 Å².